The first-order valence-corrected chi connectivity index (χ1v) is 11.6. The summed E-state index contributed by atoms with van der Waals surface area (Å²) >= 11 is 3.45. The number of hydrogen-bond donors (Lipinski definition) is 3. The van der Waals surface area contributed by atoms with Gasteiger partial charge in [-0.15, -0.1) is 0 Å². The fourth-order valence-electron chi connectivity index (χ4n) is 4.31. The van der Waals surface area contributed by atoms with Gasteiger partial charge in [0, 0.05) is 28.2 Å². The Morgan fingerprint density at radius 1 is 1.22 bits per heavy atom. The van der Waals surface area contributed by atoms with Crippen LogP contribution in [0, 0.1) is 17.2 Å². The number of nitrogens with one attached hydrogen (secondary N) is 2. The van der Waals surface area contributed by atoms with Gasteiger partial charge in [-0.1, -0.05) is 22.4 Å². The molecule has 2 aliphatic rings. The fraction of sp³-hybridized carbons (Fsp3) is 0.409. The van der Waals surface area contributed by atoms with E-state index in [0.29, 0.717) is 35.3 Å². The third kappa shape index (κ3) is 4.25. The Bertz CT molecular complexity index is 1230. The van der Waals surface area contributed by atoms with Crippen LogP contribution in [0.4, 0.5) is 17.5 Å². The number of anilines is 3. The van der Waals surface area contributed by atoms with Crippen molar-refractivity contribution in [3.05, 3.63) is 34.6 Å². The number of nitriles is 1. The van der Waals surface area contributed by atoms with E-state index in [1.807, 2.05) is 12.4 Å². The lowest BCUT2D eigenvalue weighted by molar-refractivity contribution is -0.122. The van der Waals surface area contributed by atoms with Crippen LogP contribution >= 0.6 is 15.9 Å². The minimum Gasteiger partial charge on any atom is -0.369 e. The molecular weight excluding hydrogens is 472 g/mol. The number of fused-ring (bicyclic) bond motifs is 1. The minimum atomic E-state index is -0.245. The minimum absolute atomic E-state index is 0.0832. The van der Waals surface area contributed by atoms with Crippen LogP contribution in [0.5, 0.6) is 0 Å². The zero-order chi connectivity index (χ0) is 22.2. The maximum Gasteiger partial charge on any atom is 0.227 e. The molecule has 5 rings (SSSR count). The Balaban J connectivity index is 1.50. The monoisotopic (exact) mass is 494 g/mol. The molecule has 32 heavy (non-hydrogen) atoms. The number of halogens is 1. The lowest BCUT2D eigenvalue weighted by Crippen LogP contribution is -2.34. The third-order valence-electron chi connectivity index (χ3n) is 6.06. The molecule has 2 aromatic heterocycles. The topological polar surface area (TPSA) is 135 Å². The van der Waals surface area contributed by atoms with E-state index < -0.39 is 0 Å². The molecule has 2 aliphatic carbocycles. The first-order valence-electron chi connectivity index (χ1n) is 10.8. The summed E-state index contributed by atoms with van der Waals surface area (Å²) in [7, 11) is 0. The second-order valence-electron chi connectivity index (χ2n) is 8.52. The maximum atomic E-state index is 11.7. The standard InChI is InChI=1S/C22H23BrN8O/c23-14-6-12(10-24)7-16(9-14)27-20-18-21(31(11-26-18)17-4-5-17)30-22(29-20)28-15-3-1-2-13(8-15)19(25)32/h6-7,9,11,13,15,17H,1-5,8H2,(H2,25,32)(H2,27,28,29,30)/t13-,15-/m0/s1. The molecule has 0 bridgehead atoms. The predicted molar refractivity (Wildman–Crippen MR) is 124 cm³/mol. The highest BCUT2D eigenvalue weighted by atomic mass is 79.9. The number of hydrogen-bond acceptors (Lipinski definition) is 7. The van der Waals surface area contributed by atoms with Gasteiger partial charge in [0.2, 0.25) is 11.9 Å². The quantitative estimate of drug-likeness (QED) is 0.471. The van der Waals surface area contributed by atoms with Gasteiger partial charge in [-0.25, -0.2) is 4.98 Å². The van der Waals surface area contributed by atoms with Crippen LogP contribution in [0.2, 0.25) is 0 Å². The zero-order valence-corrected chi connectivity index (χ0v) is 19.0. The van der Waals surface area contributed by atoms with Crippen molar-refractivity contribution >= 4 is 50.5 Å². The van der Waals surface area contributed by atoms with Gasteiger partial charge in [0.05, 0.1) is 18.0 Å². The van der Waals surface area contributed by atoms with E-state index in [2.05, 4.69) is 42.2 Å². The predicted octanol–water partition coefficient (Wildman–Crippen LogP) is 3.99. The first-order chi connectivity index (χ1) is 15.5. The maximum absolute atomic E-state index is 11.7. The van der Waals surface area contributed by atoms with Crippen molar-refractivity contribution in [2.75, 3.05) is 10.6 Å². The number of amides is 1. The van der Waals surface area contributed by atoms with Crippen molar-refractivity contribution in [3.8, 4) is 6.07 Å². The van der Waals surface area contributed by atoms with Crippen molar-refractivity contribution in [3.63, 3.8) is 0 Å². The molecule has 2 atom stereocenters. The number of nitrogens with two attached hydrogens (primary N) is 1. The van der Waals surface area contributed by atoms with Crippen LogP contribution in [0.1, 0.15) is 50.1 Å². The average Bonchev–Trinajstić information content (AvgIpc) is 3.52. The van der Waals surface area contributed by atoms with Crippen molar-refractivity contribution in [2.45, 2.75) is 50.6 Å². The van der Waals surface area contributed by atoms with E-state index in [1.165, 1.54) is 0 Å². The molecule has 1 aromatic carbocycles. The Hall–Kier alpha value is -3.19. The van der Waals surface area contributed by atoms with Crippen LogP contribution in [-0.4, -0.2) is 31.5 Å². The van der Waals surface area contributed by atoms with E-state index in [4.69, 9.17) is 15.7 Å². The molecule has 0 unspecified atom stereocenters. The molecule has 4 N–H and O–H groups in total. The van der Waals surface area contributed by atoms with Gasteiger partial charge in [-0.05, 0) is 50.3 Å². The van der Waals surface area contributed by atoms with Gasteiger partial charge in [-0.3, -0.25) is 4.79 Å². The highest BCUT2D eigenvalue weighted by Crippen LogP contribution is 2.38. The summed E-state index contributed by atoms with van der Waals surface area (Å²) in [6.45, 7) is 0. The number of benzene rings is 1. The van der Waals surface area contributed by atoms with Gasteiger partial charge in [0.1, 0.15) is 0 Å². The second-order valence-corrected chi connectivity index (χ2v) is 9.44. The van der Waals surface area contributed by atoms with E-state index in [9.17, 15) is 10.1 Å². The van der Waals surface area contributed by atoms with Gasteiger partial charge >= 0.3 is 0 Å². The summed E-state index contributed by atoms with van der Waals surface area (Å²) in [5, 5.41) is 16.0. The van der Waals surface area contributed by atoms with Crippen molar-refractivity contribution in [1.29, 1.82) is 5.26 Å². The smallest absolute Gasteiger partial charge is 0.227 e. The summed E-state index contributed by atoms with van der Waals surface area (Å²) in [6.07, 6.45) is 7.43. The molecule has 2 heterocycles. The molecule has 2 saturated carbocycles. The highest BCUT2D eigenvalue weighted by molar-refractivity contribution is 9.10. The number of carbonyl (C=O) groups is 1. The van der Waals surface area contributed by atoms with Gasteiger partial charge in [0.25, 0.3) is 0 Å². The largest absolute Gasteiger partial charge is 0.369 e. The second kappa shape index (κ2) is 8.39. The van der Waals surface area contributed by atoms with Crippen LogP contribution in [-0.2, 0) is 4.79 Å². The zero-order valence-electron chi connectivity index (χ0n) is 17.4. The van der Waals surface area contributed by atoms with Crippen LogP contribution in [0.3, 0.4) is 0 Å². The molecule has 9 nitrogen and oxygen atoms in total. The molecule has 0 spiro atoms. The highest BCUT2D eigenvalue weighted by Gasteiger charge is 2.29. The van der Waals surface area contributed by atoms with Gasteiger partial charge in [0.15, 0.2) is 17.0 Å². The van der Waals surface area contributed by atoms with E-state index in [0.717, 1.165) is 47.9 Å². The van der Waals surface area contributed by atoms with Crippen molar-refractivity contribution < 1.29 is 4.79 Å². The summed E-state index contributed by atoms with van der Waals surface area (Å²) < 4.78 is 2.90. The first kappa shape index (κ1) is 20.7. The van der Waals surface area contributed by atoms with E-state index in [-0.39, 0.29) is 17.9 Å². The number of imidazole rings is 1. The fourth-order valence-corrected chi connectivity index (χ4v) is 4.81. The summed E-state index contributed by atoms with van der Waals surface area (Å²) in [4.78, 5) is 25.7. The van der Waals surface area contributed by atoms with Gasteiger partial charge < -0.3 is 20.9 Å². The summed E-state index contributed by atoms with van der Waals surface area (Å²) in [5.74, 6) is 0.699. The lowest BCUT2D eigenvalue weighted by atomic mass is 9.85. The Labute approximate surface area is 193 Å². The van der Waals surface area contributed by atoms with Gasteiger partial charge in [-0.2, -0.15) is 15.2 Å². The summed E-state index contributed by atoms with van der Waals surface area (Å²) in [6, 6.07) is 8.08. The molecule has 1 amide bonds. The normalized spacial score (nSPS) is 20.6. The van der Waals surface area contributed by atoms with Crippen LogP contribution in [0.15, 0.2) is 29.0 Å². The number of aromatic nitrogens is 4. The molecule has 0 radical (unpaired) electrons. The molecule has 164 valence electrons. The Morgan fingerprint density at radius 2 is 2.06 bits per heavy atom. The molecule has 0 aliphatic heterocycles. The number of nitrogens with zero attached hydrogens (tertiary/aromatic N) is 5. The summed E-state index contributed by atoms with van der Waals surface area (Å²) in [5.41, 5.74) is 8.26. The molecule has 0 saturated heterocycles. The molecule has 10 heteroatoms. The molecular formula is C22H23BrN8O. The molecule has 3 aromatic rings. The van der Waals surface area contributed by atoms with Crippen molar-refractivity contribution in [2.24, 2.45) is 11.7 Å². The SMILES string of the molecule is N#Cc1cc(Br)cc(Nc2nc(N[C@H]3CCC[C@H](C(N)=O)C3)nc3c2ncn3C2CC2)c1. The van der Waals surface area contributed by atoms with E-state index >= 15 is 0 Å². The number of primary amides is 1. The third-order valence-corrected chi connectivity index (χ3v) is 6.52. The van der Waals surface area contributed by atoms with Crippen LogP contribution in [0.25, 0.3) is 11.2 Å². The number of carbonyl (C=O) groups excluding carboxylic acids is 1. The Kier molecular flexibility index (Phi) is 5.43. The molecule has 2 fully saturated rings. The average molecular weight is 495 g/mol. The van der Waals surface area contributed by atoms with Crippen LogP contribution < -0.4 is 16.4 Å². The van der Waals surface area contributed by atoms with E-state index in [1.54, 1.807) is 12.1 Å². The Morgan fingerprint density at radius 3 is 2.81 bits per heavy atom. The number of rotatable bonds is 6. The van der Waals surface area contributed by atoms with Crippen molar-refractivity contribution in [1.82, 2.24) is 19.5 Å². The lowest BCUT2D eigenvalue weighted by Gasteiger charge is -2.28.